The maximum Gasteiger partial charge on any atom is 0.166 e. The predicted octanol–water partition coefficient (Wildman–Crippen LogP) is 3.21. The summed E-state index contributed by atoms with van der Waals surface area (Å²) in [6.45, 7) is 1.52. The van der Waals surface area contributed by atoms with Crippen LogP contribution in [0.2, 0.25) is 0 Å². The molecule has 1 aliphatic rings. The fourth-order valence-corrected chi connectivity index (χ4v) is 2.55. The van der Waals surface area contributed by atoms with Crippen molar-refractivity contribution in [1.29, 1.82) is 0 Å². The Hall–Kier alpha value is -2.55. The molecule has 0 atom stereocenters. The average molecular weight is 279 g/mol. The molecule has 2 aromatic carbocycles. The second-order valence-corrected chi connectivity index (χ2v) is 5.22. The number of phenolic OH excluding ortho intramolecular Hbond substituents is 1. The van der Waals surface area contributed by atoms with Crippen LogP contribution in [0.15, 0.2) is 60.8 Å². The van der Waals surface area contributed by atoms with Crippen LogP contribution in [0.5, 0.6) is 5.75 Å². The minimum atomic E-state index is 0.130. The molecule has 0 bridgehead atoms. The first-order valence-electron chi connectivity index (χ1n) is 7.05. The summed E-state index contributed by atoms with van der Waals surface area (Å²) >= 11 is 0. The van der Waals surface area contributed by atoms with Gasteiger partial charge in [0.25, 0.3) is 0 Å². The lowest BCUT2D eigenvalue weighted by Crippen LogP contribution is -2.26. The molecule has 3 rings (SSSR count). The molecule has 0 aromatic heterocycles. The number of nitrogens with zero attached hydrogens (tertiary/aromatic N) is 1. The van der Waals surface area contributed by atoms with Crippen LogP contribution in [0.25, 0.3) is 5.57 Å². The Bertz CT molecular complexity index is 677. The highest BCUT2D eigenvalue weighted by Crippen LogP contribution is 2.25. The van der Waals surface area contributed by atoms with E-state index in [-0.39, 0.29) is 11.5 Å². The summed E-state index contributed by atoms with van der Waals surface area (Å²) in [5, 5.41) is 9.58. The largest absolute Gasteiger partial charge is 0.508 e. The maximum absolute atomic E-state index is 12.1. The van der Waals surface area contributed by atoms with Gasteiger partial charge in [0, 0.05) is 31.3 Å². The zero-order chi connectivity index (χ0) is 14.7. The fourth-order valence-electron chi connectivity index (χ4n) is 2.55. The average Bonchev–Trinajstić information content (AvgIpc) is 2.50. The van der Waals surface area contributed by atoms with Crippen LogP contribution in [0.3, 0.4) is 0 Å². The van der Waals surface area contributed by atoms with Gasteiger partial charge < -0.3 is 10.0 Å². The van der Waals surface area contributed by atoms with Crippen LogP contribution < -0.4 is 0 Å². The summed E-state index contributed by atoms with van der Waals surface area (Å²) in [4.78, 5) is 14.3. The first-order chi connectivity index (χ1) is 10.2. The molecular weight excluding hydrogens is 262 g/mol. The van der Waals surface area contributed by atoms with Crippen molar-refractivity contribution in [2.24, 2.45) is 0 Å². The van der Waals surface area contributed by atoms with Crippen molar-refractivity contribution < 1.29 is 9.90 Å². The van der Waals surface area contributed by atoms with Gasteiger partial charge in [-0.25, -0.2) is 0 Å². The third-order valence-electron chi connectivity index (χ3n) is 3.62. The molecule has 2 aromatic rings. The third-order valence-corrected chi connectivity index (χ3v) is 3.62. The second-order valence-electron chi connectivity index (χ2n) is 5.22. The van der Waals surface area contributed by atoms with E-state index in [4.69, 9.17) is 0 Å². The number of benzene rings is 2. The van der Waals surface area contributed by atoms with Crippen LogP contribution in [0, 0.1) is 0 Å². The van der Waals surface area contributed by atoms with E-state index in [0.29, 0.717) is 12.0 Å². The molecule has 0 aliphatic carbocycles. The van der Waals surface area contributed by atoms with Crippen molar-refractivity contribution in [3.63, 3.8) is 0 Å². The van der Waals surface area contributed by atoms with Crippen molar-refractivity contribution in [1.82, 2.24) is 4.90 Å². The van der Waals surface area contributed by atoms with Gasteiger partial charge in [0.1, 0.15) is 5.75 Å². The Balaban J connectivity index is 1.86. The zero-order valence-corrected chi connectivity index (χ0v) is 11.7. The van der Waals surface area contributed by atoms with Gasteiger partial charge in [0.2, 0.25) is 0 Å². The van der Waals surface area contributed by atoms with Crippen molar-refractivity contribution in [3.8, 4) is 5.75 Å². The predicted molar refractivity (Wildman–Crippen MR) is 82.6 cm³/mol. The maximum atomic E-state index is 12.1. The second kappa shape index (κ2) is 5.83. The van der Waals surface area contributed by atoms with Gasteiger partial charge in [-0.15, -0.1) is 0 Å². The number of rotatable bonds is 3. The van der Waals surface area contributed by atoms with Gasteiger partial charge in [-0.2, -0.15) is 0 Å². The fraction of sp³-hybridized carbons (Fsp3) is 0.167. The Labute approximate surface area is 124 Å². The molecular formula is C18H17NO2. The lowest BCUT2D eigenvalue weighted by molar-refractivity contribution is -0.114. The first kappa shape index (κ1) is 13.4. The van der Waals surface area contributed by atoms with Crippen molar-refractivity contribution >= 4 is 11.4 Å². The molecule has 0 radical (unpaired) electrons. The van der Waals surface area contributed by atoms with Crippen LogP contribution in [-0.2, 0) is 11.3 Å². The van der Waals surface area contributed by atoms with E-state index in [9.17, 15) is 9.90 Å². The van der Waals surface area contributed by atoms with Gasteiger partial charge in [-0.1, -0.05) is 42.5 Å². The number of Topliss-reactive ketones (excluding diaryl/α,β-unsaturated/α-hetero) is 1. The molecule has 0 spiro atoms. The van der Waals surface area contributed by atoms with Crippen LogP contribution in [-0.4, -0.2) is 22.3 Å². The molecule has 3 nitrogen and oxygen atoms in total. The molecule has 106 valence electrons. The summed E-state index contributed by atoms with van der Waals surface area (Å²) in [6, 6.07) is 17.1. The minimum absolute atomic E-state index is 0.130. The van der Waals surface area contributed by atoms with Crippen molar-refractivity contribution in [2.75, 3.05) is 6.54 Å². The number of hydrogen-bond donors (Lipinski definition) is 1. The summed E-state index contributed by atoms with van der Waals surface area (Å²) < 4.78 is 0. The SMILES string of the molecule is O=C1CCN(Cc2ccccc2)C=C1c1cccc(O)c1. The summed E-state index contributed by atoms with van der Waals surface area (Å²) in [7, 11) is 0. The summed E-state index contributed by atoms with van der Waals surface area (Å²) in [5.74, 6) is 0.311. The topological polar surface area (TPSA) is 40.5 Å². The third kappa shape index (κ3) is 3.14. The van der Waals surface area contributed by atoms with Crippen LogP contribution in [0.1, 0.15) is 17.5 Å². The first-order valence-corrected chi connectivity index (χ1v) is 7.05. The molecule has 0 amide bonds. The summed E-state index contributed by atoms with van der Waals surface area (Å²) in [5.41, 5.74) is 2.67. The quantitative estimate of drug-likeness (QED) is 0.938. The Morgan fingerprint density at radius 1 is 1.05 bits per heavy atom. The molecule has 0 saturated heterocycles. The molecule has 1 N–H and O–H groups in total. The number of carbonyl (C=O) groups is 1. The molecule has 1 aliphatic heterocycles. The number of aromatic hydroxyl groups is 1. The number of allylic oxidation sites excluding steroid dienone is 1. The van der Waals surface area contributed by atoms with Gasteiger partial charge in [-0.3, -0.25) is 4.79 Å². The highest BCUT2D eigenvalue weighted by molar-refractivity contribution is 6.21. The molecule has 0 unspecified atom stereocenters. The molecule has 0 saturated carbocycles. The van der Waals surface area contributed by atoms with E-state index in [2.05, 4.69) is 17.0 Å². The van der Waals surface area contributed by atoms with E-state index in [1.807, 2.05) is 30.5 Å². The molecule has 21 heavy (non-hydrogen) atoms. The number of ketones is 1. The van der Waals surface area contributed by atoms with Crippen molar-refractivity contribution in [3.05, 3.63) is 71.9 Å². The monoisotopic (exact) mass is 279 g/mol. The number of carbonyl (C=O) groups excluding carboxylic acids is 1. The van der Waals surface area contributed by atoms with Crippen LogP contribution in [0.4, 0.5) is 0 Å². The minimum Gasteiger partial charge on any atom is -0.508 e. The van der Waals surface area contributed by atoms with E-state index in [1.54, 1.807) is 18.2 Å². The molecule has 1 heterocycles. The Morgan fingerprint density at radius 3 is 2.62 bits per heavy atom. The Morgan fingerprint density at radius 2 is 1.86 bits per heavy atom. The standard InChI is InChI=1S/C18H17NO2/c20-16-8-4-7-15(11-16)17-13-19(10-9-18(17)21)12-14-5-2-1-3-6-14/h1-8,11,13,20H,9-10,12H2. The highest BCUT2D eigenvalue weighted by atomic mass is 16.3. The van der Waals surface area contributed by atoms with E-state index in [1.165, 1.54) is 5.56 Å². The lowest BCUT2D eigenvalue weighted by atomic mass is 9.97. The highest BCUT2D eigenvalue weighted by Gasteiger charge is 2.20. The van der Waals surface area contributed by atoms with Gasteiger partial charge >= 0.3 is 0 Å². The van der Waals surface area contributed by atoms with Gasteiger partial charge in [0.15, 0.2) is 5.78 Å². The smallest absolute Gasteiger partial charge is 0.166 e. The van der Waals surface area contributed by atoms with E-state index < -0.39 is 0 Å². The zero-order valence-electron chi connectivity index (χ0n) is 11.7. The van der Waals surface area contributed by atoms with E-state index >= 15 is 0 Å². The number of hydrogen-bond acceptors (Lipinski definition) is 3. The van der Waals surface area contributed by atoms with Gasteiger partial charge in [-0.05, 0) is 23.3 Å². The lowest BCUT2D eigenvalue weighted by Gasteiger charge is -2.26. The van der Waals surface area contributed by atoms with Gasteiger partial charge in [0.05, 0.1) is 0 Å². The normalized spacial score (nSPS) is 15.0. The van der Waals surface area contributed by atoms with E-state index in [0.717, 1.165) is 18.7 Å². The number of phenols is 1. The van der Waals surface area contributed by atoms with Crippen LogP contribution >= 0.6 is 0 Å². The Kier molecular flexibility index (Phi) is 3.73. The molecule has 3 heteroatoms. The molecule has 0 fully saturated rings. The summed E-state index contributed by atoms with van der Waals surface area (Å²) in [6.07, 6.45) is 2.42. The van der Waals surface area contributed by atoms with Crippen molar-refractivity contribution in [2.45, 2.75) is 13.0 Å².